The minimum absolute atomic E-state index is 0.156. The van der Waals surface area contributed by atoms with E-state index in [-0.39, 0.29) is 13.2 Å². The molecule has 1 fully saturated rings. The van der Waals surface area contributed by atoms with Crippen LogP contribution in [0.1, 0.15) is 24.8 Å². The molecule has 1 atom stereocenters. The molecule has 20 heavy (non-hydrogen) atoms. The minimum Gasteiger partial charge on any atom is -0.395 e. The van der Waals surface area contributed by atoms with Gasteiger partial charge in [0.1, 0.15) is 11.6 Å². The van der Waals surface area contributed by atoms with Crippen molar-refractivity contribution in [2.45, 2.75) is 24.7 Å². The SMILES string of the molecule is NCC(CO)(CC1CCOCC1)c1cc(F)cc(F)c1. The largest absolute Gasteiger partial charge is 0.395 e. The zero-order chi connectivity index (χ0) is 14.6. The predicted octanol–water partition coefficient (Wildman–Crippen LogP) is 1.97. The molecule has 1 saturated heterocycles. The quantitative estimate of drug-likeness (QED) is 0.869. The number of hydrogen-bond donors (Lipinski definition) is 2. The van der Waals surface area contributed by atoms with E-state index in [1.807, 2.05) is 0 Å². The van der Waals surface area contributed by atoms with Crippen molar-refractivity contribution in [1.82, 2.24) is 0 Å². The molecule has 0 bridgehead atoms. The van der Waals surface area contributed by atoms with Gasteiger partial charge in [-0.15, -0.1) is 0 Å². The van der Waals surface area contributed by atoms with Crippen LogP contribution in [-0.4, -0.2) is 31.5 Å². The lowest BCUT2D eigenvalue weighted by Crippen LogP contribution is -2.41. The van der Waals surface area contributed by atoms with Gasteiger partial charge in [-0.2, -0.15) is 0 Å². The van der Waals surface area contributed by atoms with Gasteiger partial charge in [-0.25, -0.2) is 8.78 Å². The summed E-state index contributed by atoms with van der Waals surface area (Å²) in [6.45, 7) is 1.32. The molecule has 1 aliphatic rings. The van der Waals surface area contributed by atoms with Crippen molar-refractivity contribution >= 4 is 0 Å². The molecule has 112 valence electrons. The Kier molecular flexibility index (Phi) is 5.07. The molecule has 1 heterocycles. The summed E-state index contributed by atoms with van der Waals surface area (Å²) >= 11 is 0. The Bertz CT molecular complexity index is 423. The summed E-state index contributed by atoms with van der Waals surface area (Å²) in [5, 5.41) is 9.79. The van der Waals surface area contributed by atoms with Crippen LogP contribution in [0, 0.1) is 17.6 Å². The third-order valence-corrected chi connectivity index (χ3v) is 4.19. The summed E-state index contributed by atoms with van der Waals surface area (Å²) in [7, 11) is 0. The van der Waals surface area contributed by atoms with E-state index in [4.69, 9.17) is 10.5 Å². The van der Waals surface area contributed by atoms with Gasteiger partial charge in [0, 0.05) is 31.2 Å². The maximum atomic E-state index is 13.4. The number of halogens is 2. The van der Waals surface area contributed by atoms with Crippen LogP contribution < -0.4 is 5.73 Å². The average molecular weight is 285 g/mol. The molecule has 2 rings (SSSR count). The van der Waals surface area contributed by atoms with E-state index in [0.29, 0.717) is 31.1 Å². The second-order valence-corrected chi connectivity index (χ2v) is 5.56. The van der Waals surface area contributed by atoms with Gasteiger partial charge >= 0.3 is 0 Å². The summed E-state index contributed by atoms with van der Waals surface area (Å²) < 4.78 is 32.2. The van der Waals surface area contributed by atoms with Gasteiger partial charge in [0.15, 0.2) is 0 Å². The number of aliphatic hydroxyl groups excluding tert-OH is 1. The number of ether oxygens (including phenoxy) is 1. The maximum Gasteiger partial charge on any atom is 0.126 e. The molecule has 0 aromatic heterocycles. The van der Waals surface area contributed by atoms with E-state index in [1.165, 1.54) is 12.1 Å². The van der Waals surface area contributed by atoms with Crippen LogP contribution in [0.25, 0.3) is 0 Å². The fourth-order valence-corrected chi connectivity index (χ4v) is 2.90. The first-order valence-electron chi connectivity index (χ1n) is 6.95. The van der Waals surface area contributed by atoms with E-state index in [9.17, 15) is 13.9 Å². The Hall–Kier alpha value is -1.04. The third-order valence-electron chi connectivity index (χ3n) is 4.19. The zero-order valence-corrected chi connectivity index (χ0v) is 11.4. The zero-order valence-electron chi connectivity index (χ0n) is 11.4. The van der Waals surface area contributed by atoms with Crippen LogP contribution in [0.4, 0.5) is 8.78 Å². The lowest BCUT2D eigenvalue weighted by Gasteiger charge is -2.36. The molecule has 0 spiro atoms. The van der Waals surface area contributed by atoms with Crippen molar-refractivity contribution in [3.63, 3.8) is 0 Å². The summed E-state index contributed by atoms with van der Waals surface area (Å²) in [4.78, 5) is 0. The second kappa shape index (κ2) is 6.61. The molecule has 1 aromatic rings. The molecular formula is C15H21F2NO2. The molecule has 0 radical (unpaired) electrons. The Morgan fingerprint density at radius 3 is 2.30 bits per heavy atom. The first-order chi connectivity index (χ1) is 9.59. The highest BCUT2D eigenvalue weighted by molar-refractivity contribution is 5.28. The van der Waals surface area contributed by atoms with Gasteiger partial charge in [0.05, 0.1) is 6.61 Å². The summed E-state index contributed by atoms with van der Waals surface area (Å²) in [5.74, 6) is -0.928. The number of hydrogen-bond acceptors (Lipinski definition) is 3. The van der Waals surface area contributed by atoms with Gasteiger partial charge in [-0.3, -0.25) is 0 Å². The van der Waals surface area contributed by atoms with E-state index in [1.54, 1.807) is 0 Å². The number of aliphatic hydroxyl groups is 1. The molecule has 3 nitrogen and oxygen atoms in total. The van der Waals surface area contributed by atoms with Gasteiger partial charge < -0.3 is 15.6 Å². The van der Waals surface area contributed by atoms with Crippen LogP contribution in [0.5, 0.6) is 0 Å². The molecule has 5 heteroatoms. The minimum atomic E-state index is -0.787. The number of rotatable bonds is 5. The van der Waals surface area contributed by atoms with E-state index >= 15 is 0 Å². The number of benzene rings is 1. The highest BCUT2D eigenvalue weighted by Crippen LogP contribution is 2.34. The van der Waals surface area contributed by atoms with Crippen molar-refractivity contribution in [2.75, 3.05) is 26.4 Å². The molecule has 1 aliphatic heterocycles. The van der Waals surface area contributed by atoms with Gasteiger partial charge in [0.2, 0.25) is 0 Å². The van der Waals surface area contributed by atoms with E-state index in [0.717, 1.165) is 18.9 Å². The monoisotopic (exact) mass is 285 g/mol. The van der Waals surface area contributed by atoms with Crippen molar-refractivity contribution in [3.8, 4) is 0 Å². The smallest absolute Gasteiger partial charge is 0.126 e. The normalized spacial score (nSPS) is 19.8. The van der Waals surface area contributed by atoms with E-state index in [2.05, 4.69) is 0 Å². The van der Waals surface area contributed by atoms with Crippen molar-refractivity contribution in [2.24, 2.45) is 11.7 Å². The molecule has 3 N–H and O–H groups in total. The van der Waals surface area contributed by atoms with Crippen molar-refractivity contribution in [1.29, 1.82) is 0 Å². The molecule has 0 saturated carbocycles. The van der Waals surface area contributed by atoms with E-state index < -0.39 is 17.0 Å². The molecule has 0 amide bonds. The maximum absolute atomic E-state index is 13.4. The van der Waals surface area contributed by atoms with Crippen molar-refractivity contribution in [3.05, 3.63) is 35.4 Å². The topological polar surface area (TPSA) is 55.5 Å². The van der Waals surface area contributed by atoms with Gasteiger partial charge in [-0.1, -0.05) is 0 Å². The first kappa shape index (κ1) is 15.4. The predicted molar refractivity (Wildman–Crippen MR) is 72.3 cm³/mol. The lowest BCUT2D eigenvalue weighted by atomic mass is 9.72. The van der Waals surface area contributed by atoms with Crippen molar-refractivity contribution < 1.29 is 18.6 Å². The van der Waals surface area contributed by atoms with Crippen LogP contribution in [0.3, 0.4) is 0 Å². The highest BCUT2D eigenvalue weighted by atomic mass is 19.1. The van der Waals surface area contributed by atoms with Crippen LogP contribution in [0.2, 0.25) is 0 Å². The molecule has 1 unspecified atom stereocenters. The standard InChI is InChI=1S/C15H21F2NO2/c16-13-5-12(6-14(17)7-13)15(9-18,10-19)8-11-1-3-20-4-2-11/h5-7,11,19H,1-4,8-10,18H2. The molecular weight excluding hydrogens is 264 g/mol. The Morgan fingerprint density at radius 2 is 1.80 bits per heavy atom. The summed E-state index contributed by atoms with van der Waals surface area (Å²) in [6.07, 6.45) is 2.39. The van der Waals surface area contributed by atoms with Crippen LogP contribution >= 0.6 is 0 Å². The second-order valence-electron chi connectivity index (χ2n) is 5.56. The Balaban J connectivity index is 2.27. The molecule has 1 aromatic carbocycles. The first-order valence-corrected chi connectivity index (χ1v) is 6.95. The van der Waals surface area contributed by atoms with Crippen LogP contribution in [-0.2, 0) is 10.2 Å². The fraction of sp³-hybridized carbons (Fsp3) is 0.600. The summed E-state index contributed by atoms with van der Waals surface area (Å²) in [6, 6.07) is 3.37. The molecule has 0 aliphatic carbocycles. The lowest BCUT2D eigenvalue weighted by molar-refractivity contribution is 0.0493. The third kappa shape index (κ3) is 3.34. The fourth-order valence-electron chi connectivity index (χ4n) is 2.90. The Morgan fingerprint density at radius 1 is 1.20 bits per heavy atom. The average Bonchev–Trinajstić information content (AvgIpc) is 2.45. The summed E-state index contributed by atoms with van der Waals surface area (Å²) in [5.41, 5.74) is 5.48. The number of nitrogens with two attached hydrogens (primary N) is 1. The highest BCUT2D eigenvalue weighted by Gasteiger charge is 2.34. The van der Waals surface area contributed by atoms with Gasteiger partial charge in [0.25, 0.3) is 0 Å². The van der Waals surface area contributed by atoms with Gasteiger partial charge in [-0.05, 0) is 42.9 Å². The van der Waals surface area contributed by atoms with Crippen LogP contribution in [0.15, 0.2) is 18.2 Å². The Labute approximate surface area is 117 Å².